The lowest BCUT2D eigenvalue weighted by molar-refractivity contribution is 0.244. The Kier molecular flexibility index (Phi) is 11.1. The van der Waals surface area contributed by atoms with Gasteiger partial charge in [-0.05, 0) is 30.7 Å². The van der Waals surface area contributed by atoms with Gasteiger partial charge in [0.2, 0.25) is 0 Å². The zero-order chi connectivity index (χ0) is 23.2. The molecule has 192 valence electrons. The minimum Gasteiger partial charge on any atom is -0.495 e. The molecule has 0 bridgehead atoms. The molecule has 0 N–H and O–H groups in total. The maximum Gasteiger partial charge on any atom is 0.331 e. The van der Waals surface area contributed by atoms with Crippen LogP contribution in [0, 0.1) is 0 Å². The Hall–Kier alpha value is -2.48. The largest absolute Gasteiger partial charge is 0.495 e. The summed E-state index contributed by atoms with van der Waals surface area (Å²) in [4.78, 5) is 31.0. The molecule has 9 heteroatoms. The summed E-state index contributed by atoms with van der Waals surface area (Å²) >= 11 is 0. The van der Waals surface area contributed by atoms with Crippen LogP contribution in [-0.2, 0) is 13.1 Å². The summed E-state index contributed by atoms with van der Waals surface area (Å²) in [5.41, 5.74) is 1.48. The van der Waals surface area contributed by atoms with Crippen molar-refractivity contribution >= 4 is 41.4 Å². The highest BCUT2D eigenvalue weighted by molar-refractivity contribution is 5.85. The summed E-state index contributed by atoms with van der Waals surface area (Å²) in [5, 5.41) is 0.620. The van der Waals surface area contributed by atoms with Crippen LogP contribution in [0.3, 0.4) is 0 Å². The summed E-state index contributed by atoms with van der Waals surface area (Å²) in [6.45, 7) is 7.41. The third kappa shape index (κ3) is 6.40. The molecule has 0 unspecified atom stereocenters. The average Bonchev–Trinajstić information content (AvgIpc) is 2.86. The predicted octanol–water partition coefficient (Wildman–Crippen LogP) is 4.03. The Morgan fingerprint density at radius 2 is 1.49 bits per heavy atom. The number of methoxy groups -OCH3 is 1. The van der Waals surface area contributed by atoms with Crippen molar-refractivity contribution in [2.24, 2.45) is 0 Å². The first-order chi connectivity index (χ1) is 16.1. The van der Waals surface area contributed by atoms with E-state index in [1.54, 1.807) is 11.7 Å². The van der Waals surface area contributed by atoms with E-state index in [2.05, 4.69) is 22.8 Å². The quantitative estimate of drug-likeness (QED) is 0.397. The van der Waals surface area contributed by atoms with Crippen molar-refractivity contribution in [3.05, 3.63) is 69.4 Å². The van der Waals surface area contributed by atoms with E-state index in [0.717, 1.165) is 62.4 Å². The SMILES string of the molecule is CCCCCn1c(=O)n(CCN2CCN(c3ccccc3OC)CC2)c(=O)c2ccccc21.Cl.Cl. The number of aryl methyl sites for hydroxylation is 1. The van der Waals surface area contributed by atoms with Gasteiger partial charge in [0.25, 0.3) is 5.56 Å². The molecule has 0 spiro atoms. The van der Waals surface area contributed by atoms with Gasteiger partial charge in [-0.1, -0.05) is 44.0 Å². The van der Waals surface area contributed by atoms with E-state index in [0.29, 0.717) is 25.0 Å². The molecule has 1 aliphatic rings. The highest BCUT2D eigenvalue weighted by atomic mass is 35.5. The van der Waals surface area contributed by atoms with Crippen LogP contribution >= 0.6 is 24.8 Å². The first-order valence-corrected chi connectivity index (χ1v) is 12.0. The fourth-order valence-corrected chi connectivity index (χ4v) is 4.65. The molecule has 4 rings (SSSR count). The Morgan fingerprint density at radius 1 is 0.800 bits per heavy atom. The van der Waals surface area contributed by atoms with Crippen molar-refractivity contribution in [2.75, 3.05) is 44.7 Å². The second-order valence-corrected chi connectivity index (χ2v) is 8.62. The lowest BCUT2D eigenvalue weighted by atomic mass is 10.2. The highest BCUT2D eigenvalue weighted by Crippen LogP contribution is 2.28. The first kappa shape index (κ1) is 28.8. The molecule has 1 fully saturated rings. The number of nitrogens with zero attached hydrogens (tertiary/aromatic N) is 4. The number of rotatable bonds is 9. The molecule has 0 saturated carbocycles. The maximum atomic E-state index is 13.3. The Morgan fingerprint density at radius 3 is 2.20 bits per heavy atom. The van der Waals surface area contributed by atoms with Gasteiger partial charge in [-0.15, -0.1) is 24.8 Å². The lowest BCUT2D eigenvalue weighted by Crippen LogP contribution is -2.49. The molecule has 3 aromatic rings. The van der Waals surface area contributed by atoms with Gasteiger partial charge < -0.3 is 9.64 Å². The van der Waals surface area contributed by atoms with Gasteiger partial charge in [-0.2, -0.15) is 0 Å². The van der Waals surface area contributed by atoms with Gasteiger partial charge in [-0.25, -0.2) is 4.79 Å². The van der Waals surface area contributed by atoms with Crippen LogP contribution in [-0.4, -0.2) is 53.9 Å². The van der Waals surface area contributed by atoms with E-state index in [1.807, 2.05) is 42.5 Å². The third-order valence-corrected chi connectivity index (χ3v) is 6.56. The smallest absolute Gasteiger partial charge is 0.331 e. The summed E-state index contributed by atoms with van der Waals surface area (Å²) in [6, 6.07) is 15.6. The Bertz CT molecular complexity index is 1200. The second-order valence-electron chi connectivity index (χ2n) is 8.62. The number of halogens is 2. The van der Waals surface area contributed by atoms with Gasteiger partial charge in [0.15, 0.2) is 0 Å². The van der Waals surface area contributed by atoms with E-state index in [-0.39, 0.29) is 36.1 Å². The van der Waals surface area contributed by atoms with Crippen LogP contribution in [0.15, 0.2) is 58.1 Å². The van der Waals surface area contributed by atoms with Crippen LogP contribution < -0.4 is 20.9 Å². The lowest BCUT2D eigenvalue weighted by Gasteiger charge is -2.36. The van der Waals surface area contributed by atoms with Gasteiger partial charge in [0, 0.05) is 45.8 Å². The first-order valence-electron chi connectivity index (χ1n) is 12.0. The standard InChI is InChI=1S/C26H34N4O3.2ClH/c1-3-4-9-14-29-22-11-6-5-10-21(22)25(31)30(26(29)32)20-17-27-15-18-28(19-16-27)23-12-7-8-13-24(23)33-2;;/h5-8,10-13H,3-4,9,14-20H2,1-2H3;2*1H. The van der Waals surface area contributed by atoms with Crippen LogP contribution in [0.4, 0.5) is 5.69 Å². The third-order valence-electron chi connectivity index (χ3n) is 6.56. The van der Waals surface area contributed by atoms with Gasteiger partial charge >= 0.3 is 5.69 Å². The number of aromatic nitrogens is 2. The van der Waals surface area contributed by atoms with E-state index in [9.17, 15) is 9.59 Å². The predicted molar refractivity (Wildman–Crippen MR) is 148 cm³/mol. The van der Waals surface area contributed by atoms with E-state index >= 15 is 0 Å². The van der Waals surface area contributed by atoms with Crippen LogP contribution in [0.25, 0.3) is 10.9 Å². The van der Waals surface area contributed by atoms with Crippen LogP contribution in [0.1, 0.15) is 26.2 Å². The molecule has 7 nitrogen and oxygen atoms in total. The molecule has 0 amide bonds. The molecule has 0 atom stereocenters. The molecule has 1 saturated heterocycles. The average molecular weight is 524 g/mol. The van der Waals surface area contributed by atoms with E-state index in [4.69, 9.17) is 4.74 Å². The number of para-hydroxylation sites is 3. The molecule has 0 radical (unpaired) electrons. The fourth-order valence-electron chi connectivity index (χ4n) is 4.65. The highest BCUT2D eigenvalue weighted by Gasteiger charge is 2.20. The monoisotopic (exact) mass is 522 g/mol. The molecule has 2 heterocycles. The number of unbranched alkanes of at least 4 members (excludes halogenated alkanes) is 2. The van der Waals surface area contributed by atoms with Crippen molar-refractivity contribution in [1.82, 2.24) is 14.0 Å². The molecular weight excluding hydrogens is 487 g/mol. The van der Waals surface area contributed by atoms with Crippen molar-refractivity contribution in [1.29, 1.82) is 0 Å². The summed E-state index contributed by atoms with van der Waals surface area (Å²) in [7, 11) is 1.70. The normalized spacial score (nSPS) is 13.8. The number of hydrogen-bond acceptors (Lipinski definition) is 5. The zero-order valence-corrected chi connectivity index (χ0v) is 22.2. The number of benzene rings is 2. The number of fused-ring (bicyclic) bond motifs is 1. The zero-order valence-electron chi connectivity index (χ0n) is 20.5. The molecule has 2 aromatic carbocycles. The Labute approximate surface area is 219 Å². The maximum absolute atomic E-state index is 13.3. The van der Waals surface area contributed by atoms with E-state index < -0.39 is 0 Å². The van der Waals surface area contributed by atoms with Crippen LogP contribution in [0.5, 0.6) is 5.75 Å². The molecule has 1 aromatic heterocycles. The van der Waals surface area contributed by atoms with Crippen molar-refractivity contribution in [3.63, 3.8) is 0 Å². The molecule has 1 aliphatic heterocycles. The van der Waals surface area contributed by atoms with Gasteiger partial charge in [0.1, 0.15) is 5.75 Å². The second kappa shape index (κ2) is 13.6. The minimum atomic E-state index is -0.192. The van der Waals surface area contributed by atoms with Crippen molar-refractivity contribution in [3.8, 4) is 5.75 Å². The number of piperazine rings is 1. The van der Waals surface area contributed by atoms with Gasteiger partial charge in [0.05, 0.1) is 23.7 Å². The molecule has 35 heavy (non-hydrogen) atoms. The molecule has 0 aliphatic carbocycles. The summed E-state index contributed by atoms with van der Waals surface area (Å²) in [5.74, 6) is 0.886. The van der Waals surface area contributed by atoms with E-state index in [1.165, 1.54) is 4.57 Å². The van der Waals surface area contributed by atoms with Gasteiger partial charge in [-0.3, -0.25) is 18.8 Å². The summed E-state index contributed by atoms with van der Waals surface area (Å²) < 4.78 is 8.72. The summed E-state index contributed by atoms with van der Waals surface area (Å²) in [6.07, 6.45) is 3.09. The number of hydrogen-bond donors (Lipinski definition) is 0. The topological polar surface area (TPSA) is 59.7 Å². The molecular formula is C26H36Cl2N4O3. The Balaban J connectivity index is 0.00000216. The number of ether oxygens (including phenoxy) is 1. The fraction of sp³-hybridized carbons (Fsp3) is 0.462. The number of anilines is 1. The minimum absolute atomic E-state index is 0. The van der Waals surface area contributed by atoms with Crippen LogP contribution in [0.2, 0.25) is 0 Å². The van der Waals surface area contributed by atoms with Crippen molar-refractivity contribution in [2.45, 2.75) is 39.3 Å². The van der Waals surface area contributed by atoms with Crippen molar-refractivity contribution < 1.29 is 4.74 Å².